The Hall–Kier alpha value is -1.18. The van der Waals surface area contributed by atoms with Crippen LogP contribution in [-0.4, -0.2) is 43.2 Å². The van der Waals surface area contributed by atoms with E-state index in [-0.39, 0.29) is 29.0 Å². The first-order chi connectivity index (χ1) is 8.00. The van der Waals surface area contributed by atoms with Gasteiger partial charge in [-0.05, 0) is 12.1 Å². The second kappa shape index (κ2) is 4.59. The van der Waals surface area contributed by atoms with E-state index in [1.54, 1.807) is 0 Å². The maximum Gasteiger partial charge on any atom is 0.243 e. The maximum absolute atomic E-state index is 12.1. The van der Waals surface area contributed by atoms with E-state index in [4.69, 9.17) is 11.6 Å². The molecule has 0 radical (unpaired) electrons. The quantitative estimate of drug-likeness (QED) is 0.762. The molecule has 1 aliphatic heterocycles. The molecule has 1 N–H and O–H groups in total. The lowest BCUT2D eigenvalue weighted by molar-refractivity contribution is -0.122. The minimum Gasteiger partial charge on any atom is -0.354 e. The number of carbonyl (C=O) groups excluding carboxylic acids is 1. The van der Waals surface area contributed by atoms with Gasteiger partial charge in [-0.2, -0.15) is 4.31 Å². The molecule has 2 rings (SSSR count). The summed E-state index contributed by atoms with van der Waals surface area (Å²) in [5, 5.41) is 2.67. The summed E-state index contributed by atoms with van der Waals surface area (Å²) in [6.45, 7) is 0.410. The molecule has 1 aromatic heterocycles. The Balaban J connectivity index is 2.33. The molecular formula is C9H10ClN3O3S. The van der Waals surface area contributed by atoms with Crippen molar-refractivity contribution in [2.45, 2.75) is 4.90 Å². The molecule has 92 valence electrons. The third kappa shape index (κ3) is 2.56. The van der Waals surface area contributed by atoms with Crippen LogP contribution in [0.2, 0.25) is 5.15 Å². The van der Waals surface area contributed by atoms with Gasteiger partial charge in [0.2, 0.25) is 15.9 Å². The van der Waals surface area contributed by atoms with Crippen LogP contribution in [0.15, 0.2) is 23.2 Å². The van der Waals surface area contributed by atoms with Crippen LogP contribution in [-0.2, 0) is 14.8 Å². The van der Waals surface area contributed by atoms with Gasteiger partial charge >= 0.3 is 0 Å². The molecule has 1 aliphatic rings. The predicted octanol–water partition coefficient (Wildman–Crippen LogP) is -0.145. The fourth-order valence-electron chi connectivity index (χ4n) is 1.51. The highest BCUT2D eigenvalue weighted by Crippen LogP contribution is 2.18. The van der Waals surface area contributed by atoms with Crippen LogP contribution in [0, 0.1) is 0 Å². The first-order valence-electron chi connectivity index (χ1n) is 4.88. The van der Waals surface area contributed by atoms with Gasteiger partial charge in [0.15, 0.2) is 0 Å². The number of rotatable bonds is 2. The molecule has 0 aromatic carbocycles. The first kappa shape index (κ1) is 12.3. The molecule has 1 fully saturated rings. The van der Waals surface area contributed by atoms with E-state index in [1.165, 1.54) is 18.3 Å². The van der Waals surface area contributed by atoms with Crippen LogP contribution in [0.25, 0.3) is 0 Å². The monoisotopic (exact) mass is 275 g/mol. The lowest BCUT2D eigenvalue weighted by Crippen LogP contribution is -2.49. The van der Waals surface area contributed by atoms with Crippen molar-refractivity contribution in [1.29, 1.82) is 0 Å². The molecule has 17 heavy (non-hydrogen) atoms. The average Bonchev–Trinajstić information content (AvgIpc) is 2.29. The SMILES string of the molecule is O=C1CN(S(=O)(=O)c2ccnc(Cl)c2)CCN1. The standard InChI is InChI=1S/C9H10ClN3O3S/c10-8-5-7(1-2-11-8)17(15,16)13-4-3-12-9(14)6-13/h1-2,5H,3-4,6H2,(H,12,14). The van der Waals surface area contributed by atoms with E-state index in [1.807, 2.05) is 0 Å². The highest BCUT2D eigenvalue weighted by molar-refractivity contribution is 7.89. The number of amides is 1. The fourth-order valence-corrected chi connectivity index (χ4v) is 3.16. The highest BCUT2D eigenvalue weighted by atomic mass is 35.5. The number of nitrogens with zero attached hydrogens (tertiary/aromatic N) is 2. The summed E-state index contributed by atoms with van der Waals surface area (Å²) in [6.07, 6.45) is 1.32. The molecule has 0 saturated carbocycles. The van der Waals surface area contributed by atoms with E-state index in [2.05, 4.69) is 10.3 Å². The van der Waals surface area contributed by atoms with Gasteiger partial charge in [-0.25, -0.2) is 13.4 Å². The molecule has 1 saturated heterocycles. The van der Waals surface area contributed by atoms with Crippen LogP contribution in [0.1, 0.15) is 0 Å². The van der Waals surface area contributed by atoms with E-state index in [0.29, 0.717) is 6.54 Å². The Kier molecular flexibility index (Phi) is 3.32. The van der Waals surface area contributed by atoms with Crippen LogP contribution >= 0.6 is 11.6 Å². The smallest absolute Gasteiger partial charge is 0.243 e. The van der Waals surface area contributed by atoms with Gasteiger partial charge < -0.3 is 5.32 Å². The number of hydrogen-bond donors (Lipinski definition) is 1. The zero-order valence-corrected chi connectivity index (χ0v) is 10.3. The number of aromatic nitrogens is 1. The number of sulfonamides is 1. The Morgan fingerprint density at radius 1 is 1.47 bits per heavy atom. The minimum absolute atomic E-state index is 0.0483. The van der Waals surface area contributed by atoms with E-state index < -0.39 is 10.0 Å². The van der Waals surface area contributed by atoms with Crippen molar-refractivity contribution in [3.05, 3.63) is 23.5 Å². The molecule has 0 aliphatic carbocycles. The molecule has 8 heteroatoms. The molecule has 1 aromatic rings. The summed E-state index contributed by atoms with van der Waals surface area (Å²) < 4.78 is 25.4. The van der Waals surface area contributed by atoms with Crippen molar-refractivity contribution in [3.8, 4) is 0 Å². The summed E-state index contributed by atoms with van der Waals surface area (Å²) in [5.74, 6) is -0.306. The lowest BCUT2D eigenvalue weighted by Gasteiger charge is -2.25. The summed E-state index contributed by atoms with van der Waals surface area (Å²) >= 11 is 5.65. The Labute approximate surface area is 104 Å². The largest absolute Gasteiger partial charge is 0.354 e. The van der Waals surface area contributed by atoms with Gasteiger partial charge in [-0.3, -0.25) is 4.79 Å². The lowest BCUT2D eigenvalue weighted by atomic mass is 10.4. The van der Waals surface area contributed by atoms with E-state index in [0.717, 1.165) is 4.31 Å². The van der Waals surface area contributed by atoms with Crippen LogP contribution in [0.4, 0.5) is 0 Å². The Morgan fingerprint density at radius 2 is 2.24 bits per heavy atom. The zero-order chi connectivity index (χ0) is 12.5. The Morgan fingerprint density at radius 3 is 2.88 bits per heavy atom. The second-order valence-electron chi connectivity index (χ2n) is 3.50. The first-order valence-corrected chi connectivity index (χ1v) is 6.70. The van der Waals surface area contributed by atoms with E-state index >= 15 is 0 Å². The van der Waals surface area contributed by atoms with Crippen molar-refractivity contribution in [2.24, 2.45) is 0 Å². The minimum atomic E-state index is -3.67. The van der Waals surface area contributed by atoms with Gasteiger partial charge in [0, 0.05) is 19.3 Å². The average molecular weight is 276 g/mol. The molecule has 0 bridgehead atoms. The maximum atomic E-state index is 12.1. The Bertz CT molecular complexity index is 546. The van der Waals surface area contributed by atoms with Crippen LogP contribution in [0.5, 0.6) is 0 Å². The van der Waals surface area contributed by atoms with Crippen molar-refractivity contribution in [2.75, 3.05) is 19.6 Å². The normalized spacial score (nSPS) is 17.8. The zero-order valence-electron chi connectivity index (χ0n) is 8.76. The third-order valence-electron chi connectivity index (χ3n) is 2.34. The van der Waals surface area contributed by atoms with E-state index in [9.17, 15) is 13.2 Å². The molecule has 0 spiro atoms. The van der Waals surface area contributed by atoms with Crippen molar-refractivity contribution < 1.29 is 13.2 Å². The van der Waals surface area contributed by atoms with Gasteiger partial charge in [-0.1, -0.05) is 11.6 Å². The van der Waals surface area contributed by atoms with Gasteiger partial charge in [0.05, 0.1) is 11.4 Å². The van der Waals surface area contributed by atoms with Crippen molar-refractivity contribution in [1.82, 2.24) is 14.6 Å². The van der Waals surface area contributed by atoms with Crippen LogP contribution < -0.4 is 5.32 Å². The number of piperazine rings is 1. The predicted molar refractivity (Wildman–Crippen MR) is 61.0 cm³/mol. The van der Waals surface area contributed by atoms with Crippen molar-refractivity contribution >= 4 is 27.5 Å². The molecular weight excluding hydrogens is 266 g/mol. The third-order valence-corrected chi connectivity index (χ3v) is 4.39. The second-order valence-corrected chi connectivity index (χ2v) is 5.83. The van der Waals surface area contributed by atoms with Crippen LogP contribution in [0.3, 0.4) is 0 Å². The summed E-state index contributed by atoms with van der Waals surface area (Å²) in [6, 6.07) is 2.62. The van der Waals surface area contributed by atoms with Gasteiger partial charge in [0.1, 0.15) is 5.15 Å². The number of nitrogens with one attached hydrogen (secondary N) is 1. The molecule has 6 nitrogen and oxygen atoms in total. The molecule has 0 atom stereocenters. The highest BCUT2D eigenvalue weighted by Gasteiger charge is 2.29. The topological polar surface area (TPSA) is 79.4 Å². The van der Waals surface area contributed by atoms with Gasteiger partial charge in [-0.15, -0.1) is 0 Å². The fraction of sp³-hybridized carbons (Fsp3) is 0.333. The molecule has 2 heterocycles. The summed E-state index contributed by atoms with van der Waals surface area (Å²) in [4.78, 5) is 14.9. The number of pyridine rings is 1. The van der Waals surface area contributed by atoms with Crippen molar-refractivity contribution in [3.63, 3.8) is 0 Å². The number of halogens is 1. The van der Waals surface area contributed by atoms with Gasteiger partial charge in [0.25, 0.3) is 0 Å². The summed E-state index contributed by atoms with van der Waals surface area (Å²) in [5.41, 5.74) is 0. The molecule has 1 amide bonds. The molecule has 0 unspecified atom stereocenters. The number of hydrogen-bond acceptors (Lipinski definition) is 4. The number of carbonyl (C=O) groups is 1. The summed E-state index contributed by atoms with van der Waals surface area (Å²) in [7, 11) is -3.67.